The Balaban J connectivity index is 2.51. The average Bonchev–Trinajstić information content (AvgIpc) is 2.86. The van der Waals surface area contributed by atoms with Crippen LogP contribution in [0.5, 0.6) is 0 Å². The molecule has 0 N–H and O–H groups in total. The second-order valence-electron chi connectivity index (χ2n) is 5.63. The maximum Gasteiger partial charge on any atom is 0.340 e. The number of benzene rings is 1. The second kappa shape index (κ2) is 8.39. The number of nitrogens with zero attached hydrogens (tertiary/aromatic N) is 2. The normalized spacial score (nSPS) is 15.7. The van der Waals surface area contributed by atoms with Crippen molar-refractivity contribution >= 4 is 23.6 Å². The molecule has 0 radical (unpaired) electrons. The van der Waals surface area contributed by atoms with E-state index in [0.717, 1.165) is 0 Å². The molecule has 1 aliphatic rings. The molecule has 0 aliphatic carbocycles. The van der Waals surface area contributed by atoms with Gasteiger partial charge in [-0.3, -0.25) is 14.9 Å². The van der Waals surface area contributed by atoms with Crippen LogP contribution in [0.25, 0.3) is 6.08 Å². The fourth-order valence-electron chi connectivity index (χ4n) is 2.80. The van der Waals surface area contributed by atoms with Crippen molar-refractivity contribution in [3.63, 3.8) is 0 Å². The molecule has 0 aromatic heterocycles. The number of hydrogen-bond donors (Lipinski definition) is 0. The summed E-state index contributed by atoms with van der Waals surface area (Å²) in [6.45, 7) is 2.48. The monoisotopic (exact) mass is 360 g/mol. The van der Waals surface area contributed by atoms with Gasteiger partial charge in [-0.2, -0.15) is 0 Å². The van der Waals surface area contributed by atoms with Gasteiger partial charge < -0.3 is 14.4 Å². The molecule has 0 spiro atoms. The van der Waals surface area contributed by atoms with Crippen molar-refractivity contribution in [2.75, 3.05) is 27.4 Å². The number of nitro benzene ring substituents is 1. The minimum atomic E-state index is -0.657. The number of nitro groups is 1. The first kappa shape index (κ1) is 19.3. The van der Waals surface area contributed by atoms with E-state index in [1.54, 1.807) is 20.1 Å². The Morgan fingerprint density at radius 2 is 2.00 bits per heavy atom. The lowest BCUT2D eigenvalue weighted by Crippen LogP contribution is -2.26. The van der Waals surface area contributed by atoms with Crippen LogP contribution in [0.4, 0.5) is 5.69 Å². The van der Waals surface area contributed by atoms with Crippen molar-refractivity contribution in [1.29, 1.82) is 0 Å². The van der Waals surface area contributed by atoms with Gasteiger partial charge in [0.1, 0.15) is 0 Å². The van der Waals surface area contributed by atoms with Gasteiger partial charge >= 0.3 is 5.97 Å². The molecule has 26 heavy (non-hydrogen) atoms. The van der Waals surface area contributed by atoms with Crippen LogP contribution >= 0.6 is 0 Å². The number of allylic oxidation sites excluding steroid dienone is 1. The number of hydrogen-bond acceptors (Lipinski definition) is 6. The third kappa shape index (κ3) is 3.80. The lowest BCUT2D eigenvalue weighted by Gasteiger charge is -2.17. The van der Waals surface area contributed by atoms with Crippen LogP contribution in [-0.4, -0.2) is 49.1 Å². The number of esters is 1. The van der Waals surface area contributed by atoms with Gasteiger partial charge in [-0.25, -0.2) is 4.79 Å². The summed E-state index contributed by atoms with van der Waals surface area (Å²) in [5.41, 5.74) is 0.762. The molecule has 0 saturated carbocycles. The minimum absolute atomic E-state index is 0.0843. The first-order valence-corrected chi connectivity index (χ1v) is 7.97. The summed E-state index contributed by atoms with van der Waals surface area (Å²) in [4.78, 5) is 37.2. The van der Waals surface area contributed by atoms with Gasteiger partial charge in [0.15, 0.2) is 0 Å². The topological polar surface area (TPSA) is 99.0 Å². The number of carbonyl (C=O) groups excluding carboxylic acids is 2. The Hall–Kier alpha value is -3.00. The Kier molecular flexibility index (Phi) is 6.24. The summed E-state index contributed by atoms with van der Waals surface area (Å²) >= 11 is 0. The number of carbonyl (C=O) groups is 2. The van der Waals surface area contributed by atoms with Crippen molar-refractivity contribution in [1.82, 2.24) is 4.90 Å². The molecule has 1 amide bonds. The van der Waals surface area contributed by atoms with Gasteiger partial charge in [0.25, 0.3) is 11.6 Å². The Bertz CT molecular complexity index is 797. The maximum atomic E-state index is 12.8. The van der Waals surface area contributed by atoms with Gasteiger partial charge in [0.05, 0.1) is 28.7 Å². The van der Waals surface area contributed by atoms with Crippen LogP contribution in [0, 0.1) is 10.1 Å². The summed E-state index contributed by atoms with van der Waals surface area (Å²) in [7, 11) is 2.79. The smallest absolute Gasteiger partial charge is 0.340 e. The molecule has 8 nitrogen and oxygen atoms in total. The molecule has 0 unspecified atom stereocenters. The van der Waals surface area contributed by atoms with Crippen molar-refractivity contribution in [2.45, 2.75) is 13.3 Å². The number of amides is 1. The molecule has 8 heteroatoms. The van der Waals surface area contributed by atoms with Crippen LogP contribution in [0.1, 0.15) is 18.9 Å². The minimum Gasteiger partial charge on any atom is -0.465 e. The first-order chi connectivity index (χ1) is 12.4. The van der Waals surface area contributed by atoms with E-state index >= 15 is 0 Å². The molecule has 2 rings (SSSR count). The molecule has 0 saturated heterocycles. The van der Waals surface area contributed by atoms with E-state index in [9.17, 15) is 19.7 Å². The molecule has 1 aliphatic heterocycles. The third-order valence-electron chi connectivity index (χ3n) is 4.06. The summed E-state index contributed by atoms with van der Waals surface area (Å²) < 4.78 is 9.79. The highest BCUT2D eigenvalue weighted by molar-refractivity contribution is 6.16. The van der Waals surface area contributed by atoms with Gasteiger partial charge in [-0.1, -0.05) is 12.1 Å². The highest BCUT2D eigenvalue weighted by Crippen LogP contribution is 2.33. The molecule has 1 aromatic carbocycles. The molecular formula is C18H20N2O6. The Morgan fingerprint density at radius 1 is 1.31 bits per heavy atom. The van der Waals surface area contributed by atoms with E-state index in [2.05, 4.69) is 0 Å². The van der Waals surface area contributed by atoms with Crippen molar-refractivity contribution in [3.05, 3.63) is 56.8 Å². The molecule has 138 valence electrons. The van der Waals surface area contributed by atoms with Crippen LogP contribution < -0.4 is 0 Å². The molecule has 0 fully saturated rings. The van der Waals surface area contributed by atoms with E-state index in [1.807, 2.05) is 0 Å². The van der Waals surface area contributed by atoms with E-state index in [4.69, 9.17) is 9.47 Å². The number of methoxy groups -OCH3 is 2. The second-order valence-corrected chi connectivity index (χ2v) is 5.63. The highest BCUT2D eigenvalue weighted by atomic mass is 16.6. The fraction of sp³-hybridized carbons (Fsp3) is 0.333. The quantitative estimate of drug-likeness (QED) is 0.243. The SMILES string of the molecule is COCCCN1C(=O)/C(=C/c2ccccc2[N+](=O)[O-])C(C(=O)OC)=C1C. The Labute approximate surface area is 150 Å². The number of para-hydroxylation sites is 1. The molecule has 1 aromatic rings. The van der Waals surface area contributed by atoms with Crippen molar-refractivity contribution in [2.24, 2.45) is 0 Å². The predicted octanol–water partition coefficient (Wildman–Crippen LogP) is 2.30. The number of ether oxygens (including phenoxy) is 2. The third-order valence-corrected chi connectivity index (χ3v) is 4.06. The van der Waals surface area contributed by atoms with Crippen LogP contribution in [0.3, 0.4) is 0 Å². The first-order valence-electron chi connectivity index (χ1n) is 7.97. The summed E-state index contributed by atoms with van der Waals surface area (Å²) in [5, 5.41) is 11.2. The molecular weight excluding hydrogens is 340 g/mol. The van der Waals surface area contributed by atoms with E-state index in [0.29, 0.717) is 25.3 Å². The highest BCUT2D eigenvalue weighted by Gasteiger charge is 2.37. The fourth-order valence-corrected chi connectivity index (χ4v) is 2.80. The zero-order valence-electron chi connectivity index (χ0n) is 14.9. The van der Waals surface area contributed by atoms with E-state index < -0.39 is 16.8 Å². The zero-order valence-corrected chi connectivity index (χ0v) is 14.9. The lowest BCUT2D eigenvalue weighted by molar-refractivity contribution is -0.385. The predicted molar refractivity (Wildman–Crippen MR) is 94.0 cm³/mol. The zero-order chi connectivity index (χ0) is 19.3. The lowest BCUT2D eigenvalue weighted by atomic mass is 10.0. The number of rotatable bonds is 7. The van der Waals surface area contributed by atoms with Crippen LogP contribution in [0.2, 0.25) is 0 Å². The molecule has 0 bridgehead atoms. The Morgan fingerprint density at radius 3 is 2.62 bits per heavy atom. The van der Waals surface area contributed by atoms with Crippen molar-refractivity contribution in [3.8, 4) is 0 Å². The summed E-state index contributed by atoms with van der Waals surface area (Å²) in [6, 6.07) is 6.03. The average molecular weight is 360 g/mol. The van der Waals surface area contributed by atoms with Crippen molar-refractivity contribution < 1.29 is 24.0 Å². The van der Waals surface area contributed by atoms with Gasteiger partial charge in [-0.15, -0.1) is 0 Å². The molecule has 1 heterocycles. The largest absolute Gasteiger partial charge is 0.465 e. The van der Waals surface area contributed by atoms with E-state index in [1.165, 1.54) is 36.3 Å². The van der Waals surface area contributed by atoms with E-state index in [-0.39, 0.29) is 22.4 Å². The van der Waals surface area contributed by atoms with Gasteiger partial charge in [-0.05, 0) is 25.5 Å². The standard InChI is InChI=1S/C18H20N2O6/c1-12-16(18(22)26-3)14(17(21)19(12)9-6-10-25-2)11-13-7-4-5-8-15(13)20(23)24/h4-5,7-8,11H,6,9-10H2,1-3H3/b14-11+. The van der Waals surface area contributed by atoms with Gasteiger partial charge in [0.2, 0.25) is 0 Å². The van der Waals surface area contributed by atoms with Crippen LogP contribution in [-0.2, 0) is 19.1 Å². The van der Waals surface area contributed by atoms with Gasteiger partial charge in [0, 0.05) is 32.0 Å². The molecule has 0 atom stereocenters. The maximum absolute atomic E-state index is 12.8. The summed E-state index contributed by atoms with van der Waals surface area (Å²) in [6.07, 6.45) is 1.96. The van der Waals surface area contributed by atoms with Crippen LogP contribution in [0.15, 0.2) is 41.1 Å². The summed E-state index contributed by atoms with van der Waals surface area (Å²) in [5.74, 6) is -1.05.